The maximum absolute atomic E-state index is 12.7. The summed E-state index contributed by atoms with van der Waals surface area (Å²) in [6, 6.07) is 1.47. The maximum atomic E-state index is 12.7. The number of pyridine rings is 1. The molecule has 2 aliphatic heterocycles. The molecule has 0 saturated carbocycles. The van der Waals surface area contributed by atoms with Crippen molar-refractivity contribution in [1.29, 1.82) is 0 Å². The van der Waals surface area contributed by atoms with E-state index in [1.807, 2.05) is 0 Å². The predicted molar refractivity (Wildman–Crippen MR) is 76.8 cm³/mol. The second kappa shape index (κ2) is 5.65. The molecule has 2 aliphatic rings. The van der Waals surface area contributed by atoms with Crippen LogP contribution in [0.2, 0.25) is 5.02 Å². The minimum Gasteiger partial charge on any atom is -0.395 e. The Morgan fingerprint density at radius 1 is 1.27 bits per heavy atom. The quantitative estimate of drug-likeness (QED) is 0.922. The first-order valence-electron chi connectivity index (χ1n) is 7.37. The van der Waals surface area contributed by atoms with Gasteiger partial charge in [-0.1, -0.05) is 11.6 Å². The summed E-state index contributed by atoms with van der Waals surface area (Å²) in [5.41, 5.74) is 0.289. The van der Waals surface area contributed by atoms with E-state index in [1.165, 1.54) is 6.20 Å². The molecule has 22 heavy (non-hydrogen) atoms. The number of hydrogen-bond donors (Lipinski definition) is 1. The molecule has 2 unspecified atom stereocenters. The Balaban J connectivity index is 1.86. The molecule has 3 heterocycles. The average Bonchev–Trinajstić information content (AvgIpc) is 2.69. The topological polar surface area (TPSA) is 36.4 Å². The number of nitrogens with zero attached hydrogens (tertiary/aromatic N) is 2. The number of alkyl halides is 3. The van der Waals surface area contributed by atoms with Gasteiger partial charge in [0.25, 0.3) is 0 Å². The second-order valence-electron chi connectivity index (χ2n) is 6.41. The van der Waals surface area contributed by atoms with Crippen LogP contribution in [-0.2, 0) is 5.41 Å². The Labute approximate surface area is 132 Å². The van der Waals surface area contributed by atoms with Gasteiger partial charge in [-0.15, -0.1) is 0 Å². The van der Waals surface area contributed by atoms with Crippen molar-refractivity contribution in [3.05, 3.63) is 29.0 Å². The molecule has 1 aromatic heterocycles. The van der Waals surface area contributed by atoms with Gasteiger partial charge in [0.05, 0.1) is 18.2 Å². The molecule has 0 aromatic carbocycles. The predicted octanol–water partition coefficient (Wildman–Crippen LogP) is 3.15. The Bertz CT molecular complexity index is 538. The zero-order valence-corrected chi connectivity index (χ0v) is 12.7. The molecule has 1 aromatic rings. The molecule has 122 valence electrons. The van der Waals surface area contributed by atoms with Gasteiger partial charge in [-0.25, -0.2) is 0 Å². The zero-order valence-electron chi connectivity index (χ0n) is 12.0. The number of fused-ring (bicyclic) bond motifs is 2. The van der Waals surface area contributed by atoms with Gasteiger partial charge in [0, 0.05) is 29.9 Å². The highest BCUT2D eigenvalue weighted by Crippen LogP contribution is 2.47. The van der Waals surface area contributed by atoms with E-state index in [9.17, 15) is 18.3 Å². The second-order valence-corrected chi connectivity index (χ2v) is 6.85. The monoisotopic (exact) mass is 334 g/mol. The smallest absolute Gasteiger partial charge is 0.395 e. The summed E-state index contributed by atoms with van der Waals surface area (Å²) in [7, 11) is 0. The van der Waals surface area contributed by atoms with E-state index in [-0.39, 0.29) is 18.7 Å². The van der Waals surface area contributed by atoms with Crippen molar-refractivity contribution >= 4 is 11.6 Å². The molecule has 2 fully saturated rings. The summed E-state index contributed by atoms with van der Waals surface area (Å²) in [5.74, 6) is 0. The van der Waals surface area contributed by atoms with Gasteiger partial charge in [0.2, 0.25) is 0 Å². The first-order chi connectivity index (χ1) is 10.3. The van der Waals surface area contributed by atoms with Crippen molar-refractivity contribution in [2.75, 3.05) is 13.2 Å². The Kier molecular flexibility index (Phi) is 4.12. The van der Waals surface area contributed by atoms with Gasteiger partial charge in [-0.05, 0) is 37.3 Å². The van der Waals surface area contributed by atoms with Gasteiger partial charge >= 0.3 is 6.18 Å². The molecular weight excluding hydrogens is 317 g/mol. The van der Waals surface area contributed by atoms with Crippen molar-refractivity contribution in [1.82, 2.24) is 9.88 Å². The lowest BCUT2D eigenvalue weighted by molar-refractivity contribution is -0.158. The largest absolute Gasteiger partial charge is 0.401 e. The lowest BCUT2D eigenvalue weighted by Gasteiger charge is -2.46. The Hall–Kier alpha value is -0.850. The van der Waals surface area contributed by atoms with Crippen molar-refractivity contribution in [3.8, 4) is 0 Å². The third kappa shape index (κ3) is 2.96. The zero-order chi connectivity index (χ0) is 16.0. The minimum atomic E-state index is -4.18. The highest BCUT2D eigenvalue weighted by Gasteiger charge is 2.51. The first-order valence-corrected chi connectivity index (χ1v) is 7.75. The Morgan fingerprint density at radius 3 is 2.41 bits per heavy atom. The number of halogens is 4. The fraction of sp³-hybridized carbons (Fsp3) is 0.667. The number of rotatable bonds is 3. The van der Waals surface area contributed by atoms with Crippen LogP contribution in [0.4, 0.5) is 13.2 Å². The molecule has 0 amide bonds. The van der Waals surface area contributed by atoms with Crippen LogP contribution < -0.4 is 0 Å². The molecule has 3 rings (SSSR count). The lowest BCUT2D eigenvalue weighted by atomic mass is 9.71. The fourth-order valence-electron chi connectivity index (χ4n) is 4.06. The molecule has 3 nitrogen and oxygen atoms in total. The molecule has 1 N–H and O–H groups in total. The number of piperidine rings is 1. The molecule has 2 saturated heterocycles. The normalized spacial score (nSPS) is 32.4. The van der Waals surface area contributed by atoms with Crippen LogP contribution in [0.1, 0.15) is 31.2 Å². The third-order valence-electron chi connectivity index (χ3n) is 5.01. The van der Waals surface area contributed by atoms with Crippen LogP contribution in [-0.4, -0.2) is 46.4 Å². The average molecular weight is 335 g/mol. The van der Waals surface area contributed by atoms with Crippen LogP contribution in [0.15, 0.2) is 18.5 Å². The summed E-state index contributed by atoms with van der Waals surface area (Å²) in [4.78, 5) is 5.63. The molecule has 0 radical (unpaired) electrons. The van der Waals surface area contributed by atoms with Crippen LogP contribution in [0, 0.1) is 0 Å². The number of hydrogen-bond acceptors (Lipinski definition) is 3. The number of aromatic nitrogens is 1. The van der Waals surface area contributed by atoms with E-state index in [4.69, 9.17) is 11.6 Å². The third-order valence-corrected chi connectivity index (χ3v) is 5.21. The summed E-state index contributed by atoms with van der Waals surface area (Å²) < 4.78 is 38.2. The summed E-state index contributed by atoms with van der Waals surface area (Å²) >= 11 is 5.98. The molecule has 2 atom stereocenters. The SMILES string of the molecule is OCC1(c2cncc(Cl)c2)CC2CCC(C1)N2CC(F)(F)F. The van der Waals surface area contributed by atoms with Gasteiger partial charge in [0.1, 0.15) is 0 Å². The van der Waals surface area contributed by atoms with E-state index >= 15 is 0 Å². The van der Waals surface area contributed by atoms with Gasteiger partial charge in [0.15, 0.2) is 0 Å². The van der Waals surface area contributed by atoms with Crippen molar-refractivity contribution in [3.63, 3.8) is 0 Å². The van der Waals surface area contributed by atoms with Crippen LogP contribution in [0.5, 0.6) is 0 Å². The van der Waals surface area contributed by atoms with Crippen molar-refractivity contribution < 1.29 is 18.3 Å². The molecule has 7 heteroatoms. The van der Waals surface area contributed by atoms with E-state index < -0.39 is 18.1 Å². The van der Waals surface area contributed by atoms with E-state index in [0.29, 0.717) is 17.9 Å². The molecule has 2 bridgehead atoms. The van der Waals surface area contributed by atoms with Crippen molar-refractivity contribution in [2.24, 2.45) is 0 Å². The Morgan fingerprint density at radius 2 is 1.91 bits per heavy atom. The van der Waals surface area contributed by atoms with E-state index in [1.54, 1.807) is 17.2 Å². The van der Waals surface area contributed by atoms with Gasteiger partial charge < -0.3 is 5.11 Å². The first kappa shape index (κ1) is 16.0. The summed E-state index contributed by atoms with van der Waals surface area (Å²) in [6.07, 6.45) is 1.52. The van der Waals surface area contributed by atoms with Gasteiger partial charge in [-0.3, -0.25) is 9.88 Å². The summed E-state index contributed by atoms with van der Waals surface area (Å²) in [6.45, 7) is -0.959. The maximum Gasteiger partial charge on any atom is 0.401 e. The lowest BCUT2D eigenvalue weighted by Crippen LogP contribution is -2.53. The van der Waals surface area contributed by atoms with E-state index in [0.717, 1.165) is 18.4 Å². The van der Waals surface area contributed by atoms with Gasteiger partial charge in [-0.2, -0.15) is 13.2 Å². The highest BCUT2D eigenvalue weighted by molar-refractivity contribution is 6.30. The molecule has 0 spiro atoms. The number of aliphatic hydroxyl groups is 1. The van der Waals surface area contributed by atoms with E-state index in [2.05, 4.69) is 4.98 Å². The summed E-state index contributed by atoms with van der Waals surface area (Å²) in [5, 5.41) is 10.4. The number of aliphatic hydroxyl groups excluding tert-OH is 1. The van der Waals surface area contributed by atoms with Crippen LogP contribution in [0.25, 0.3) is 0 Å². The van der Waals surface area contributed by atoms with Crippen molar-refractivity contribution in [2.45, 2.75) is 49.4 Å². The molecular formula is C15H18ClF3N2O. The van der Waals surface area contributed by atoms with Crippen LogP contribution >= 0.6 is 11.6 Å². The molecule has 0 aliphatic carbocycles. The fourth-order valence-corrected chi connectivity index (χ4v) is 4.24. The minimum absolute atomic E-state index is 0.0954. The highest BCUT2D eigenvalue weighted by atomic mass is 35.5. The standard InChI is InChI=1S/C15H18ClF3N2O/c16-11-3-10(6-20-7-11)14(9-22)4-12-1-2-13(5-14)21(12)8-15(17,18)19/h3,6-7,12-13,22H,1-2,4-5,8-9H2. The van der Waals surface area contributed by atoms with Crippen LogP contribution in [0.3, 0.4) is 0 Å².